The second-order valence-electron chi connectivity index (χ2n) is 5.13. The van der Waals surface area contributed by atoms with Gasteiger partial charge in [-0.05, 0) is 44.9 Å². The fourth-order valence-electron chi connectivity index (χ4n) is 2.09. The van der Waals surface area contributed by atoms with E-state index in [1.165, 1.54) is 0 Å². The van der Waals surface area contributed by atoms with E-state index in [-0.39, 0.29) is 5.91 Å². The van der Waals surface area contributed by atoms with Crippen LogP contribution in [0.3, 0.4) is 0 Å². The van der Waals surface area contributed by atoms with Gasteiger partial charge in [0.15, 0.2) is 0 Å². The molecule has 0 aromatic heterocycles. The van der Waals surface area contributed by atoms with Gasteiger partial charge in [0.2, 0.25) is 5.91 Å². The average molecular weight is 248 g/mol. The van der Waals surface area contributed by atoms with Crippen molar-refractivity contribution < 1.29 is 4.79 Å². The first-order chi connectivity index (χ1) is 8.43. The van der Waals surface area contributed by atoms with Crippen molar-refractivity contribution in [2.75, 3.05) is 18.8 Å². The van der Waals surface area contributed by atoms with Crippen LogP contribution in [0.25, 0.3) is 0 Å². The Hall–Kier alpha value is -1.51. The number of carbonyl (C=O) groups excluding carboxylic acids is 1. The largest absolute Gasteiger partial charge is 0.399 e. The Morgan fingerprint density at radius 1 is 1.22 bits per heavy atom. The molecule has 0 aliphatic carbocycles. The van der Waals surface area contributed by atoms with Gasteiger partial charge in [0, 0.05) is 18.8 Å². The molecule has 1 rings (SSSR count). The zero-order valence-electron chi connectivity index (χ0n) is 11.9. The number of nitrogens with two attached hydrogens (primary N) is 1. The number of hydrogen-bond donors (Lipinski definition) is 1. The summed E-state index contributed by atoms with van der Waals surface area (Å²) in [7, 11) is 0. The number of hydrogen-bond acceptors (Lipinski definition) is 2. The van der Waals surface area contributed by atoms with Crippen LogP contribution in [0.2, 0.25) is 0 Å². The minimum atomic E-state index is -0.501. The molecule has 3 heteroatoms. The van der Waals surface area contributed by atoms with E-state index in [0.29, 0.717) is 0 Å². The van der Waals surface area contributed by atoms with Crippen LogP contribution in [-0.2, 0) is 10.2 Å². The highest BCUT2D eigenvalue weighted by Crippen LogP contribution is 2.26. The molecule has 0 aliphatic heterocycles. The zero-order chi connectivity index (χ0) is 13.8. The van der Waals surface area contributed by atoms with Gasteiger partial charge in [-0.1, -0.05) is 19.1 Å². The smallest absolute Gasteiger partial charge is 0.232 e. The van der Waals surface area contributed by atoms with Gasteiger partial charge in [-0.2, -0.15) is 0 Å². The van der Waals surface area contributed by atoms with E-state index in [0.717, 1.165) is 30.8 Å². The van der Waals surface area contributed by atoms with Crippen molar-refractivity contribution >= 4 is 11.6 Å². The van der Waals surface area contributed by atoms with Gasteiger partial charge < -0.3 is 10.6 Å². The Morgan fingerprint density at radius 3 is 2.22 bits per heavy atom. The van der Waals surface area contributed by atoms with Gasteiger partial charge in [-0.3, -0.25) is 4.79 Å². The van der Waals surface area contributed by atoms with E-state index in [4.69, 9.17) is 5.73 Å². The predicted molar refractivity (Wildman–Crippen MR) is 76.4 cm³/mol. The molecule has 0 radical (unpaired) electrons. The summed E-state index contributed by atoms with van der Waals surface area (Å²) >= 11 is 0. The third kappa shape index (κ3) is 3.03. The first kappa shape index (κ1) is 14.6. The molecular formula is C15H24N2O. The van der Waals surface area contributed by atoms with Gasteiger partial charge in [-0.25, -0.2) is 0 Å². The van der Waals surface area contributed by atoms with Crippen molar-refractivity contribution in [2.45, 2.75) is 39.5 Å². The molecule has 3 nitrogen and oxygen atoms in total. The minimum Gasteiger partial charge on any atom is -0.399 e. The molecule has 100 valence electrons. The molecule has 0 heterocycles. The van der Waals surface area contributed by atoms with Crippen LogP contribution in [0.1, 0.15) is 39.7 Å². The van der Waals surface area contributed by atoms with E-state index in [9.17, 15) is 4.79 Å². The first-order valence-corrected chi connectivity index (χ1v) is 6.58. The fourth-order valence-corrected chi connectivity index (χ4v) is 2.09. The number of amides is 1. The van der Waals surface area contributed by atoms with Crippen LogP contribution in [0.5, 0.6) is 0 Å². The van der Waals surface area contributed by atoms with Crippen LogP contribution in [0.4, 0.5) is 5.69 Å². The minimum absolute atomic E-state index is 0.177. The van der Waals surface area contributed by atoms with Crippen LogP contribution in [0.15, 0.2) is 24.3 Å². The fraction of sp³-hybridized carbons (Fsp3) is 0.533. The summed E-state index contributed by atoms with van der Waals surface area (Å²) < 4.78 is 0. The van der Waals surface area contributed by atoms with Crippen molar-refractivity contribution in [1.29, 1.82) is 0 Å². The van der Waals surface area contributed by atoms with Gasteiger partial charge in [0.25, 0.3) is 0 Å². The Labute approximate surface area is 110 Å². The molecule has 0 saturated heterocycles. The molecular weight excluding hydrogens is 224 g/mol. The summed E-state index contributed by atoms with van der Waals surface area (Å²) in [5, 5.41) is 0. The highest BCUT2D eigenvalue weighted by molar-refractivity contribution is 5.87. The molecule has 1 aromatic rings. The summed E-state index contributed by atoms with van der Waals surface area (Å²) in [5.41, 5.74) is 6.92. The van der Waals surface area contributed by atoms with Crippen molar-refractivity contribution in [3.63, 3.8) is 0 Å². The molecule has 0 aliphatic rings. The molecule has 2 N–H and O–H groups in total. The average Bonchev–Trinajstić information content (AvgIpc) is 2.35. The third-order valence-corrected chi connectivity index (χ3v) is 3.33. The first-order valence-electron chi connectivity index (χ1n) is 6.58. The van der Waals surface area contributed by atoms with E-state index in [2.05, 4.69) is 6.92 Å². The number of likely N-dealkylation sites (N-methyl/N-ethyl adjacent to an activating group) is 1. The summed E-state index contributed by atoms with van der Waals surface area (Å²) in [6.07, 6.45) is 0.984. The summed E-state index contributed by atoms with van der Waals surface area (Å²) in [5.74, 6) is 0.177. The lowest BCUT2D eigenvalue weighted by Crippen LogP contribution is -2.43. The van der Waals surface area contributed by atoms with Gasteiger partial charge in [0.1, 0.15) is 0 Å². The van der Waals surface area contributed by atoms with Crippen molar-refractivity contribution in [2.24, 2.45) is 0 Å². The third-order valence-electron chi connectivity index (χ3n) is 3.33. The second kappa shape index (κ2) is 5.89. The quantitative estimate of drug-likeness (QED) is 0.814. The highest BCUT2D eigenvalue weighted by Gasteiger charge is 2.32. The summed E-state index contributed by atoms with van der Waals surface area (Å²) in [6.45, 7) is 9.62. The number of nitrogens with zero attached hydrogens (tertiary/aromatic N) is 1. The maximum Gasteiger partial charge on any atom is 0.232 e. The SMILES string of the molecule is CCCN(CC)C(=O)C(C)(C)c1ccc(N)cc1. The summed E-state index contributed by atoms with van der Waals surface area (Å²) in [6, 6.07) is 7.57. The lowest BCUT2D eigenvalue weighted by Gasteiger charge is -2.31. The monoisotopic (exact) mass is 248 g/mol. The van der Waals surface area contributed by atoms with Crippen LogP contribution >= 0.6 is 0 Å². The van der Waals surface area contributed by atoms with E-state index in [1.807, 2.05) is 49.9 Å². The van der Waals surface area contributed by atoms with Crippen molar-refractivity contribution in [3.8, 4) is 0 Å². The second-order valence-corrected chi connectivity index (χ2v) is 5.13. The van der Waals surface area contributed by atoms with Crippen molar-refractivity contribution in [1.82, 2.24) is 4.90 Å². The van der Waals surface area contributed by atoms with Crippen molar-refractivity contribution in [3.05, 3.63) is 29.8 Å². The molecule has 0 unspecified atom stereocenters. The Bertz CT molecular complexity index is 395. The molecule has 1 amide bonds. The lowest BCUT2D eigenvalue weighted by molar-refractivity contribution is -0.136. The number of rotatable bonds is 5. The van der Waals surface area contributed by atoms with Gasteiger partial charge >= 0.3 is 0 Å². The maximum absolute atomic E-state index is 12.6. The molecule has 0 saturated carbocycles. The van der Waals surface area contributed by atoms with Crippen LogP contribution < -0.4 is 5.73 Å². The zero-order valence-corrected chi connectivity index (χ0v) is 11.9. The number of benzene rings is 1. The molecule has 0 spiro atoms. The van der Waals surface area contributed by atoms with Gasteiger partial charge in [-0.15, -0.1) is 0 Å². The number of nitrogen functional groups attached to an aromatic ring is 1. The molecule has 0 fully saturated rings. The molecule has 18 heavy (non-hydrogen) atoms. The molecule has 0 bridgehead atoms. The standard InChI is InChI=1S/C15H24N2O/c1-5-11-17(6-2)14(18)15(3,4)12-7-9-13(16)10-8-12/h7-10H,5-6,11,16H2,1-4H3. The van der Waals surface area contributed by atoms with E-state index < -0.39 is 5.41 Å². The predicted octanol–water partition coefficient (Wildman–Crippen LogP) is 2.80. The lowest BCUT2D eigenvalue weighted by atomic mass is 9.83. The number of carbonyl (C=O) groups is 1. The number of anilines is 1. The molecule has 1 aromatic carbocycles. The topological polar surface area (TPSA) is 46.3 Å². The Kier molecular flexibility index (Phi) is 4.76. The van der Waals surface area contributed by atoms with E-state index in [1.54, 1.807) is 0 Å². The van der Waals surface area contributed by atoms with Crippen LogP contribution in [0, 0.1) is 0 Å². The normalized spacial score (nSPS) is 11.3. The Balaban J connectivity index is 2.97. The van der Waals surface area contributed by atoms with E-state index >= 15 is 0 Å². The summed E-state index contributed by atoms with van der Waals surface area (Å²) in [4.78, 5) is 14.5. The highest BCUT2D eigenvalue weighted by atomic mass is 16.2. The Morgan fingerprint density at radius 2 is 1.78 bits per heavy atom. The maximum atomic E-state index is 12.6. The van der Waals surface area contributed by atoms with Gasteiger partial charge in [0.05, 0.1) is 5.41 Å². The molecule has 0 atom stereocenters. The van der Waals surface area contributed by atoms with Crippen LogP contribution in [-0.4, -0.2) is 23.9 Å².